The summed E-state index contributed by atoms with van der Waals surface area (Å²) in [5, 5.41) is 68.6. The number of ether oxygens (including phenoxy) is 4. The summed E-state index contributed by atoms with van der Waals surface area (Å²) in [5.74, 6) is -8.68. The number of ketones is 4. The van der Waals surface area contributed by atoms with Crippen LogP contribution in [0.15, 0.2) is 47.5 Å². The zero-order valence-corrected chi connectivity index (χ0v) is 32.1. The molecule has 1 heterocycles. The standard InChI is InChI=1S/C42H43NO15/c1-18-13-21-14-27(46)42(56-4)38(52)30-23(37(51)41(42,54)31(21)35(50)28(18)40(53)57-12-8-11-20-9-6-5-7-10-20)15-22-29(34(30)49)26(45)16-25(32(22)47)43-39-24(17-44)33(48)36(55-3)19(2)58-39/h5-7,9-10,13,15,19,24,27,33,36,39,44,46,48-50,54H,8,11-12,14,16-17H2,1-4H3/t19-,24+,27+,33-,36-,39-,41-,42+/m0/s1. The number of nitrogens with zero attached hydrogens (tertiary/aromatic N) is 1. The Kier molecular flexibility index (Phi) is 10.7. The van der Waals surface area contributed by atoms with E-state index >= 15 is 0 Å². The van der Waals surface area contributed by atoms with Gasteiger partial charge in [-0.15, -0.1) is 0 Å². The Balaban J connectivity index is 1.31. The molecular weight excluding hydrogens is 758 g/mol. The van der Waals surface area contributed by atoms with E-state index in [1.54, 1.807) is 6.92 Å². The van der Waals surface area contributed by atoms with Crippen LogP contribution in [0.1, 0.15) is 93.8 Å². The Morgan fingerprint density at radius 3 is 2.34 bits per heavy atom. The molecule has 0 unspecified atom stereocenters. The van der Waals surface area contributed by atoms with Crippen LogP contribution in [0.5, 0.6) is 11.5 Å². The number of rotatable bonds is 9. The van der Waals surface area contributed by atoms with E-state index in [2.05, 4.69) is 4.99 Å². The van der Waals surface area contributed by atoms with Gasteiger partial charge in [0.1, 0.15) is 23.2 Å². The van der Waals surface area contributed by atoms with E-state index in [1.165, 1.54) is 20.1 Å². The third kappa shape index (κ3) is 5.93. The molecule has 0 saturated carbocycles. The molecule has 3 aromatic rings. The van der Waals surface area contributed by atoms with E-state index in [0.717, 1.165) is 18.7 Å². The van der Waals surface area contributed by atoms with Crippen LogP contribution in [0, 0.1) is 12.8 Å². The molecule has 6 N–H and O–H groups in total. The Morgan fingerprint density at radius 1 is 0.983 bits per heavy atom. The highest BCUT2D eigenvalue weighted by Crippen LogP contribution is 2.56. The minimum absolute atomic E-state index is 0.0104. The average Bonchev–Trinajstić information content (AvgIpc) is 3.17. The first-order valence-corrected chi connectivity index (χ1v) is 18.7. The maximum Gasteiger partial charge on any atom is 0.342 e. The largest absolute Gasteiger partial charge is 0.507 e. The first-order valence-electron chi connectivity index (χ1n) is 18.7. The summed E-state index contributed by atoms with van der Waals surface area (Å²) in [6.45, 7) is 2.37. The highest BCUT2D eigenvalue weighted by Gasteiger charge is 2.72. The summed E-state index contributed by atoms with van der Waals surface area (Å²) < 4.78 is 22.2. The lowest BCUT2D eigenvalue weighted by Gasteiger charge is -2.52. The molecule has 0 bridgehead atoms. The van der Waals surface area contributed by atoms with Crippen molar-refractivity contribution < 1.29 is 73.6 Å². The number of phenols is 2. The molecule has 16 nitrogen and oxygen atoms in total. The van der Waals surface area contributed by atoms with Crippen LogP contribution >= 0.6 is 0 Å². The maximum atomic E-state index is 14.8. The molecule has 306 valence electrons. The number of fused-ring (bicyclic) bond motifs is 5. The second-order valence-corrected chi connectivity index (χ2v) is 15.0. The van der Waals surface area contributed by atoms with E-state index < -0.39 is 147 Å². The molecular formula is C42H43NO15. The van der Waals surface area contributed by atoms with E-state index in [4.69, 9.17) is 18.9 Å². The Hall–Kier alpha value is -5.20. The van der Waals surface area contributed by atoms with Crippen LogP contribution in [-0.4, -0.2) is 129 Å². The Labute approximate surface area is 331 Å². The lowest BCUT2D eigenvalue weighted by molar-refractivity contribution is -0.206. The molecule has 16 heteroatoms. The molecule has 7 rings (SSSR count). The van der Waals surface area contributed by atoms with Crippen LogP contribution in [0.4, 0.5) is 0 Å². The zero-order chi connectivity index (χ0) is 42.0. The van der Waals surface area contributed by atoms with E-state index in [0.29, 0.717) is 12.8 Å². The summed E-state index contributed by atoms with van der Waals surface area (Å²) in [5.41, 5.74) is -9.24. The van der Waals surface area contributed by atoms with Crippen LogP contribution in [0.3, 0.4) is 0 Å². The number of phenolic OH excluding ortho intramolecular Hbond substituents is 2. The summed E-state index contributed by atoms with van der Waals surface area (Å²) in [6.07, 6.45) is -6.32. The fourth-order valence-electron chi connectivity index (χ4n) is 9.00. The van der Waals surface area contributed by atoms with E-state index in [9.17, 15) is 54.6 Å². The maximum absolute atomic E-state index is 14.8. The topological polar surface area (TPSA) is 256 Å². The number of hydrogen-bond donors (Lipinski definition) is 6. The molecule has 0 spiro atoms. The minimum Gasteiger partial charge on any atom is -0.507 e. The van der Waals surface area contributed by atoms with Gasteiger partial charge in [-0.1, -0.05) is 36.4 Å². The van der Waals surface area contributed by atoms with Crippen molar-refractivity contribution in [3.63, 3.8) is 0 Å². The van der Waals surface area contributed by atoms with Crippen LogP contribution < -0.4 is 0 Å². The summed E-state index contributed by atoms with van der Waals surface area (Å²) >= 11 is 0. The lowest BCUT2D eigenvalue weighted by atomic mass is 9.56. The first-order chi connectivity index (χ1) is 27.6. The minimum atomic E-state index is -3.27. The van der Waals surface area contributed by atoms with Crippen molar-refractivity contribution >= 4 is 34.8 Å². The van der Waals surface area contributed by atoms with Gasteiger partial charge in [0.2, 0.25) is 17.3 Å². The number of aliphatic hydroxyl groups is 4. The van der Waals surface area contributed by atoms with Gasteiger partial charge < -0.3 is 49.6 Å². The number of aryl methyl sites for hydroxylation is 2. The Bertz CT molecular complexity index is 2270. The van der Waals surface area contributed by atoms with Gasteiger partial charge in [0.15, 0.2) is 23.2 Å². The monoisotopic (exact) mass is 801 g/mol. The predicted octanol–water partition coefficient (Wildman–Crippen LogP) is 1.70. The molecule has 1 fully saturated rings. The van der Waals surface area contributed by atoms with Crippen molar-refractivity contribution in [1.82, 2.24) is 0 Å². The number of hydrogen-bond acceptors (Lipinski definition) is 16. The molecule has 58 heavy (non-hydrogen) atoms. The molecule has 0 aromatic heterocycles. The molecule has 3 aliphatic carbocycles. The van der Waals surface area contributed by atoms with E-state index in [-0.39, 0.29) is 17.7 Å². The van der Waals surface area contributed by atoms with Crippen molar-refractivity contribution in [2.24, 2.45) is 10.9 Å². The molecule has 8 atom stereocenters. The smallest absolute Gasteiger partial charge is 0.342 e. The number of carbonyl (C=O) groups excluding carboxylic acids is 5. The number of esters is 1. The second-order valence-electron chi connectivity index (χ2n) is 15.0. The normalized spacial score (nSPS) is 29.8. The van der Waals surface area contributed by atoms with Crippen molar-refractivity contribution in [2.75, 3.05) is 27.4 Å². The second kappa shape index (κ2) is 15.2. The fraction of sp³-hybridized carbons (Fsp3) is 0.429. The molecule has 0 amide bonds. The number of methoxy groups -OCH3 is 2. The van der Waals surface area contributed by atoms with Crippen LogP contribution in [0.2, 0.25) is 0 Å². The summed E-state index contributed by atoms with van der Waals surface area (Å²) in [6, 6.07) is 11.6. The fourth-order valence-corrected chi connectivity index (χ4v) is 9.00. The van der Waals surface area contributed by atoms with Crippen molar-refractivity contribution in [2.45, 2.75) is 81.4 Å². The third-order valence-electron chi connectivity index (χ3n) is 11.8. The Morgan fingerprint density at radius 2 is 1.69 bits per heavy atom. The molecule has 3 aromatic carbocycles. The van der Waals surface area contributed by atoms with Gasteiger partial charge in [0.25, 0.3) is 0 Å². The number of aliphatic imine (C=N–C) groups is 1. The van der Waals surface area contributed by atoms with Crippen LogP contribution in [0.25, 0.3) is 0 Å². The summed E-state index contributed by atoms with van der Waals surface area (Å²) in [7, 11) is 2.27. The zero-order valence-electron chi connectivity index (χ0n) is 32.1. The van der Waals surface area contributed by atoms with Gasteiger partial charge in [-0.05, 0) is 49.4 Å². The van der Waals surface area contributed by atoms with Gasteiger partial charge in [-0.25, -0.2) is 4.79 Å². The number of benzene rings is 3. The molecule has 1 saturated heterocycles. The molecule has 1 aliphatic heterocycles. The average molecular weight is 802 g/mol. The van der Waals surface area contributed by atoms with E-state index in [1.807, 2.05) is 30.3 Å². The molecule has 0 radical (unpaired) electrons. The number of aliphatic hydroxyl groups excluding tert-OH is 3. The highest BCUT2D eigenvalue weighted by molar-refractivity contribution is 6.53. The van der Waals surface area contributed by atoms with Gasteiger partial charge in [0, 0.05) is 37.3 Å². The van der Waals surface area contributed by atoms with Gasteiger partial charge >= 0.3 is 5.97 Å². The van der Waals surface area contributed by atoms with Gasteiger partial charge in [-0.2, -0.15) is 0 Å². The third-order valence-corrected chi connectivity index (χ3v) is 11.8. The SMILES string of the molecule is CO[C@@H]1[C@@H](O)[C@@H](CO)[C@@H](N=C2CC(=O)c3c(cc4c(c3O)C(=O)[C@]3(OC)[C@H](O)Cc5cc(C)c(C(=O)OCCCc6ccccc6)c(O)c5[C@]3(O)C4=O)C2=O)O[C@H]1C. The molecule has 4 aliphatic rings. The first kappa shape index (κ1) is 41.0. The van der Waals surface area contributed by atoms with Gasteiger partial charge in [-0.3, -0.25) is 24.2 Å². The lowest BCUT2D eigenvalue weighted by Crippen LogP contribution is -2.73. The van der Waals surface area contributed by atoms with Crippen molar-refractivity contribution in [3.8, 4) is 11.5 Å². The van der Waals surface area contributed by atoms with Crippen LogP contribution in [-0.2, 0) is 37.4 Å². The van der Waals surface area contributed by atoms with Crippen molar-refractivity contribution in [3.05, 3.63) is 92.5 Å². The number of aromatic hydroxyl groups is 2. The van der Waals surface area contributed by atoms with Gasteiger partial charge in [0.05, 0.1) is 60.7 Å². The number of Topliss-reactive ketones (excluding diaryl/α,β-unsaturated/α-hetero) is 4. The quantitative estimate of drug-likeness (QED) is 0.133. The number of carbonyl (C=O) groups is 5. The predicted molar refractivity (Wildman–Crippen MR) is 200 cm³/mol. The highest BCUT2D eigenvalue weighted by atomic mass is 16.6. The van der Waals surface area contributed by atoms with Crippen molar-refractivity contribution in [1.29, 1.82) is 0 Å². The summed E-state index contributed by atoms with van der Waals surface area (Å²) in [4.78, 5) is 75.0.